The zero-order valence-corrected chi connectivity index (χ0v) is 10.8. The first-order valence-electron chi connectivity index (χ1n) is 5.36. The maximum Gasteiger partial charge on any atom is 0.263 e. The summed E-state index contributed by atoms with van der Waals surface area (Å²) < 4.78 is 0. The van der Waals surface area contributed by atoms with Gasteiger partial charge < -0.3 is 11.1 Å². The molecule has 90 valence electrons. The van der Waals surface area contributed by atoms with Crippen LogP contribution < -0.4 is 11.1 Å². The van der Waals surface area contributed by atoms with E-state index < -0.39 is 0 Å². The number of aryl methyl sites for hydroxylation is 2. The van der Waals surface area contributed by atoms with E-state index in [9.17, 15) is 4.79 Å². The van der Waals surface area contributed by atoms with Crippen molar-refractivity contribution >= 4 is 33.1 Å². The summed E-state index contributed by atoms with van der Waals surface area (Å²) in [6.07, 6.45) is 0. The summed E-state index contributed by atoms with van der Waals surface area (Å²) in [7, 11) is 0. The lowest BCUT2D eigenvalue weighted by atomic mass is 10.1. The number of anilines is 1. The van der Waals surface area contributed by atoms with E-state index in [0.717, 1.165) is 16.6 Å². The van der Waals surface area contributed by atoms with Gasteiger partial charge in [0.1, 0.15) is 9.71 Å². The van der Waals surface area contributed by atoms with E-state index in [1.54, 1.807) is 0 Å². The number of nitrogens with zero attached hydrogens (tertiary/aromatic N) is 2. The topological polar surface area (TPSA) is 80.9 Å². The number of nitrogens with two attached hydrogens (primary N) is 1. The van der Waals surface area contributed by atoms with Crippen LogP contribution in [0.25, 0.3) is 10.2 Å². The number of aromatic nitrogens is 2. The third kappa shape index (κ3) is 1.84. The van der Waals surface area contributed by atoms with Gasteiger partial charge in [-0.15, -0.1) is 16.4 Å². The summed E-state index contributed by atoms with van der Waals surface area (Å²) in [6.45, 7) is 6.27. The van der Waals surface area contributed by atoms with Crippen molar-refractivity contribution in [2.24, 2.45) is 0 Å². The standard InChI is InChI=1S/C11H14N4OS/c1-4-13-10(16)9-8(12)7-5(2)6(3)14-15-11(7)17-9/h4,12H2,1-3H3,(H,13,16). The van der Waals surface area contributed by atoms with Gasteiger partial charge in [0.15, 0.2) is 0 Å². The van der Waals surface area contributed by atoms with Gasteiger partial charge in [0.2, 0.25) is 0 Å². The van der Waals surface area contributed by atoms with Gasteiger partial charge in [-0.1, -0.05) is 0 Å². The molecule has 6 heteroatoms. The summed E-state index contributed by atoms with van der Waals surface area (Å²) in [5.74, 6) is -0.148. The highest BCUT2D eigenvalue weighted by molar-refractivity contribution is 7.21. The van der Waals surface area contributed by atoms with Gasteiger partial charge in [-0.25, -0.2) is 0 Å². The number of amides is 1. The molecule has 0 unspecified atom stereocenters. The predicted octanol–water partition coefficient (Wildman–Crippen LogP) is 1.64. The van der Waals surface area contributed by atoms with Gasteiger partial charge in [0.25, 0.3) is 5.91 Å². The molecule has 2 rings (SSSR count). The Bertz CT molecular complexity index is 591. The zero-order chi connectivity index (χ0) is 12.6. The molecule has 0 aliphatic heterocycles. The van der Waals surface area contributed by atoms with Crippen LogP contribution in [0.15, 0.2) is 0 Å². The molecule has 2 heterocycles. The first-order valence-corrected chi connectivity index (χ1v) is 6.18. The van der Waals surface area contributed by atoms with Crippen LogP contribution in [-0.4, -0.2) is 22.6 Å². The fourth-order valence-electron chi connectivity index (χ4n) is 1.65. The number of thiophene rings is 1. The lowest BCUT2D eigenvalue weighted by Crippen LogP contribution is -2.22. The fourth-order valence-corrected chi connectivity index (χ4v) is 2.67. The summed E-state index contributed by atoms with van der Waals surface area (Å²) in [5.41, 5.74) is 8.35. The monoisotopic (exact) mass is 250 g/mol. The largest absolute Gasteiger partial charge is 0.397 e. The number of hydrogen-bond donors (Lipinski definition) is 2. The predicted molar refractivity (Wildman–Crippen MR) is 69.3 cm³/mol. The van der Waals surface area contributed by atoms with Crippen molar-refractivity contribution in [2.75, 3.05) is 12.3 Å². The Kier molecular flexibility index (Phi) is 2.97. The van der Waals surface area contributed by atoms with Crippen molar-refractivity contribution in [3.8, 4) is 0 Å². The molecule has 0 radical (unpaired) electrons. The van der Waals surface area contributed by atoms with Crippen LogP contribution in [0.1, 0.15) is 27.9 Å². The molecule has 0 fully saturated rings. The zero-order valence-electron chi connectivity index (χ0n) is 10.00. The van der Waals surface area contributed by atoms with Gasteiger partial charge in [-0.3, -0.25) is 4.79 Å². The molecule has 0 bridgehead atoms. The van der Waals surface area contributed by atoms with E-state index in [0.29, 0.717) is 21.9 Å². The van der Waals surface area contributed by atoms with Crippen LogP contribution in [0.5, 0.6) is 0 Å². The summed E-state index contributed by atoms with van der Waals surface area (Å²) in [4.78, 5) is 13.0. The number of hydrogen-bond acceptors (Lipinski definition) is 5. The number of carbonyl (C=O) groups is 1. The molecule has 0 spiro atoms. The lowest BCUT2D eigenvalue weighted by Gasteiger charge is -2.01. The first kappa shape index (κ1) is 11.8. The third-order valence-electron chi connectivity index (χ3n) is 2.68. The van der Waals surface area contributed by atoms with Crippen molar-refractivity contribution in [2.45, 2.75) is 20.8 Å². The van der Waals surface area contributed by atoms with Crippen molar-refractivity contribution in [1.29, 1.82) is 0 Å². The van der Waals surface area contributed by atoms with E-state index in [2.05, 4.69) is 15.5 Å². The molecule has 0 aliphatic carbocycles. The molecule has 3 N–H and O–H groups in total. The van der Waals surface area contributed by atoms with E-state index in [1.807, 2.05) is 20.8 Å². The summed E-state index contributed by atoms with van der Waals surface area (Å²) >= 11 is 1.28. The van der Waals surface area contributed by atoms with Gasteiger partial charge in [0.05, 0.1) is 11.4 Å². The minimum Gasteiger partial charge on any atom is -0.397 e. The van der Waals surface area contributed by atoms with E-state index in [-0.39, 0.29) is 5.91 Å². The Morgan fingerprint density at radius 1 is 1.41 bits per heavy atom. The first-order chi connectivity index (χ1) is 8.06. The van der Waals surface area contributed by atoms with Gasteiger partial charge in [-0.2, -0.15) is 5.10 Å². The van der Waals surface area contributed by atoms with Crippen molar-refractivity contribution in [1.82, 2.24) is 15.5 Å². The Morgan fingerprint density at radius 3 is 2.76 bits per heavy atom. The molecule has 5 nitrogen and oxygen atoms in total. The quantitative estimate of drug-likeness (QED) is 0.849. The minimum absolute atomic E-state index is 0.148. The second-order valence-electron chi connectivity index (χ2n) is 3.79. The highest BCUT2D eigenvalue weighted by atomic mass is 32.1. The Labute approximate surface area is 103 Å². The summed E-state index contributed by atoms with van der Waals surface area (Å²) in [5, 5.41) is 11.7. The number of nitrogen functional groups attached to an aromatic ring is 1. The fraction of sp³-hybridized carbons (Fsp3) is 0.364. The number of rotatable bonds is 2. The van der Waals surface area contributed by atoms with E-state index in [4.69, 9.17) is 5.73 Å². The average Bonchev–Trinajstić information content (AvgIpc) is 2.62. The lowest BCUT2D eigenvalue weighted by molar-refractivity contribution is 0.0960. The van der Waals surface area contributed by atoms with E-state index in [1.165, 1.54) is 11.3 Å². The molecule has 0 aliphatic rings. The Balaban J connectivity index is 2.65. The molecule has 2 aromatic heterocycles. The third-order valence-corrected chi connectivity index (χ3v) is 3.77. The van der Waals surface area contributed by atoms with Gasteiger partial charge >= 0.3 is 0 Å². The molecule has 0 saturated heterocycles. The highest BCUT2D eigenvalue weighted by Gasteiger charge is 2.19. The smallest absolute Gasteiger partial charge is 0.263 e. The van der Waals surface area contributed by atoms with Crippen LogP contribution in [0.2, 0.25) is 0 Å². The second kappa shape index (κ2) is 4.29. The number of nitrogens with one attached hydrogen (secondary N) is 1. The average molecular weight is 250 g/mol. The summed E-state index contributed by atoms with van der Waals surface area (Å²) in [6, 6.07) is 0. The van der Waals surface area contributed by atoms with Crippen molar-refractivity contribution < 1.29 is 4.79 Å². The SMILES string of the molecule is CCNC(=O)c1sc2nnc(C)c(C)c2c1N. The van der Waals surface area contributed by atoms with Crippen LogP contribution in [0.3, 0.4) is 0 Å². The van der Waals surface area contributed by atoms with Crippen LogP contribution in [0.4, 0.5) is 5.69 Å². The molecule has 0 aromatic carbocycles. The maximum absolute atomic E-state index is 11.8. The molecule has 17 heavy (non-hydrogen) atoms. The Morgan fingerprint density at radius 2 is 2.12 bits per heavy atom. The van der Waals surface area contributed by atoms with Crippen molar-refractivity contribution in [3.05, 3.63) is 16.1 Å². The molecular formula is C11H14N4OS. The van der Waals surface area contributed by atoms with Gasteiger partial charge in [-0.05, 0) is 26.3 Å². The molecule has 0 saturated carbocycles. The molecule has 0 atom stereocenters. The van der Waals surface area contributed by atoms with Crippen LogP contribution in [-0.2, 0) is 0 Å². The molecule has 1 amide bonds. The van der Waals surface area contributed by atoms with E-state index >= 15 is 0 Å². The second-order valence-corrected chi connectivity index (χ2v) is 4.79. The number of carbonyl (C=O) groups excluding carboxylic acids is 1. The molecular weight excluding hydrogens is 236 g/mol. The highest BCUT2D eigenvalue weighted by Crippen LogP contribution is 2.34. The maximum atomic E-state index is 11.8. The normalized spacial score (nSPS) is 10.8. The van der Waals surface area contributed by atoms with Gasteiger partial charge in [0, 0.05) is 11.9 Å². The molecule has 2 aromatic rings. The van der Waals surface area contributed by atoms with Crippen LogP contribution >= 0.6 is 11.3 Å². The minimum atomic E-state index is -0.148. The Hall–Kier alpha value is -1.69. The number of fused-ring (bicyclic) bond motifs is 1. The van der Waals surface area contributed by atoms with Crippen LogP contribution in [0, 0.1) is 13.8 Å². The van der Waals surface area contributed by atoms with Crippen molar-refractivity contribution in [3.63, 3.8) is 0 Å².